The van der Waals surface area contributed by atoms with Crippen molar-refractivity contribution in [3.05, 3.63) is 0 Å². The van der Waals surface area contributed by atoms with E-state index in [0.29, 0.717) is 22.7 Å². The molecule has 0 heteroatoms. The Bertz CT molecular complexity index is 768. The molecule has 0 aliphatic heterocycles. The van der Waals surface area contributed by atoms with Crippen LogP contribution < -0.4 is 0 Å². The smallest absolute Gasteiger partial charge is 0.0213 e. The molecule has 0 aromatic heterocycles. The highest BCUT2D eigenvalue weighted by Gasteiger charge is 2.66. The lowest BCUT2D eigenvalue weighted by Gasteiger charge is -2.71. The Morgan fingerprint density at radius 1 is 0.462 bits per heavy atom. The Morgan fingerprint density at radius 3 is 1.15 bits per heavy atom. The molecule has 0 aliphatic rings. The van der Waals surface area contributed by atoms with Crippen LogP contribution in [-0.2, 0) is 0 Å². The minimum absolute atomic E-state index is 0.116. The molecule has 0 aromatic rings. The predicted molar refractivity (Wildman–Crippen MR) is 181 cm³/mol. The molecule has 236 valence electrons. The van der Waals surface area contributed by atoms with Crippen molar-refractivity contribution in [2.45, 2.75) is 191 Å². The first kappa shape index (κ1) is 39.0. The Morgan fingerprint density at radius 2 is 0.872 bits per heavy atom. The number of hydrogen-bond donors (Lipinski definition) is 0. The van der Waals surface area contributed by atoms with Crippen LogP contribution in [0.2, 0.25) is 0 Å². The van der Waals surface area contributed by atoms with Crippen LogP contribution in [0.5, 0.6) is 0 Å². The average molecular weight is 549 g/mol. The van der Waals surface area contributed by atoms with Gasteiger partial charge in [0.25, 0.3) is 0 Å². The third-order valence-electron chi connectivity index (χ3n) is 15.7. The maximum absolute atomic E-state index is 2.72. The third-order valence-corrected chi connectivity index (χ3v) is 15.7. The number of hydrogen-bond acceptors (Lipinski definition) is 0. The molecule has 0 rings (SSSR count). The largest absolute Gasteiger partial charge is 0.0654 e. The van der Waals surface area contributed by atoms with Crippen LogP contribution in [0.3, 0.4) is 0 Å². The van der Waals surface area contributed by atoms with Crippen molar-refractivity contribution in [3.8, 4) is 0 Å². The molecule has 0 aromatic carbocycles. The van der Waals surface area contributed by atoms with Crippen LogP contribution in [-0.4, -0.2) is 0 Å². The van der Waals surface area contributed by atoms with Gasteiger partial charge in [-0.1, -0.05) is 165 Å². The quantitative estimate of drug-likeness (QED) is 0.191. The molecule has 0 saturated heterocycles. The van der Waals surface area contributed by atoms with Gasteiger partial charge in [-0.05, 0) is 86.3 Å². The molecule has 0 heterocycles. The fourth-order valence-corrected chi connectivity index (χ4v) is 9.22. The summed E-state index contributed by atoms with van der Waals surface area (Å²) in [5.41, 5.74) is 1.85. The Hall–Kier alpha value is 0. The van der Waals surface area contributed by atoms with E-state index >= 15 is 0 Å². The minimum atomic E-state index is 0.116. The van der Waals surface area contributed by atoms with E-state index < -0.39 is 0 Å². The molecule has 0 fully saturated rings. The summed E-state index contributed by atoms with van der Waals surface area (Å²) in [6.07, 6.45) is 7.56. The molecular weight excluding hydrogens is 468 g/mol. The lowest BCUT2D eigenvalue weighted by atomic mass is 9.34. The van der Waals surface area contributed by atoms with Crippen LogP contribution in [0.15, 0.2) is 0 Å². The monoisotopic (exact) mass is 549 g/mol. The lowest BCUT2D eigenvalue weighted by Crippen LogP contribution is -2.64. The Kier molecular flexibility index (Phi) is 11.9. The van der Waals surface area contributed by atoms with Gasteiger partial charge in [0, 0.05) is 0 Å². The molecule has 0 spiro atoms. The van der Waals surface area contributed by atoms with Crippen LogP contribution in [0.25, 0.3) is 0 Å². The summed E-state index contributed by atoms with van der Waals surface area (Å²) >= 11 is 0. The molecule has 0 amide bonds. The SMILES string of the molecule is CCCC(C)(C(C)(CC(C)(CC)CC(C)(C)C(C)C)C(C)C)C(C)(C)C(C)(C)C(C)(CC)C(C)(C)C(C)(C)C. The zero-order valence-electron chi connectivity index (χ0n) is 31.9. The van der Waals surface area contributed by atoms with E-state index in [-0.39, 0.29) is 37.9 Å². The summed E-state index contributed by atoms with van der Waals surface area (Å²) in [7, 11) is 0. The summed E-state index contributed by atoms with van der Waals surface area (Å²) in [4.78, 5) is 0. The average Bonchev–Trinajstić information content (AvgIpc) is 2.76. The number of rotatable bonds is 15. The highest BCUT2D eigenvalue weighted by molar-refractivity contribution is 5.15. The van der Waals surface area contributed by atoms with Gasteiger partial charge in [0.1, 0.15) is 0 Å². The van der Waals surface area contributed by atoms with Crippen molar-refractivity contribution < 1.29 is 0 Å². The van der Waals surface area contributed by atoms with Gasteiger partial charge in [0.05, 0.1) is 0 Å². The van der Waals surface area contributed by atoms with E-state index in [2.05, 4.69) is 152 Å². The van der Waals surface area contributed by atoms with E-state index in [1.165, 1.54) is 38.5 Å². The Labute approximate surface area is 251 Å². The third kappa shape index (κ3) is 6.36. The molecule has 0 saturated carbocycles. The first-order valence-electron chi connectivity index (χ1n) is 17.0. The fourth-order valence-electron chi connectivity index (χ4n) is 9.22. The van der Waals surface area contributed by atoms with Crippen molar-refractivity contribution in [3.63, 3.8) is 0 Å². The topological polar surface area (TPSA) is 0 Å². The maximum Gasteiger partial charge on any atom is -0.0213 e. The van der Waals surface area contributed by atoms with Crippen LogP contribution in [0.1, 0.15) is 191 Å². The fraction of sp³-hybridized carbons (Fsp3) is 1.00. The van der Waals surface area contributed by atoms with Gasteiger partial charge < -0.3 is 0 Å². The predicted octanol–water partition coefficient (Wildman–Crippen LogP) is 13.9. The van der Waals surface area contributed by atoms with Crippen molar-refractivity contribution in [2.75, 3.05) is 0 Å². The molecule has 0 N–H and O–H groups in total. The molecule has 0 bridgehead atoms. The van der Waals surface area contributed by atoms with Crippen LogP contribution in [0.4, 0.5) is 0 Å². The lowest BCUT2D eigenvalue weighted by molar-refractivity contribution is -0.224. The second kappa shape index (κ2) is 11.9. The molecular formula is C39H80. The van der Waals surface area contributed by atoms with Gasteiger partial charge in [0.2, 0.25) is 0 Å². The summed E-state index contributed by atoms with van der Waals surface area (Å²) < 4.78 is 0. The van der Waals surface area contributed by atoms with Gasteiger partial charge in [-0.15, -0.1) is 0 Å². The highest BCUT2D eigenvalue weighted by atomic mass is 14.7. The van der Waals surface area contributed by atoms with Gasteiger partial charge >= 0.3 is 0 Å². The van der Waals surface area contributed by atoms with Crippen molar-refractivity contribution in [1.29, 1.82) is 0 Å². The standard InChI is InChI=1S/C39H80/c1-23-26-39(22,35(17,18)34(15,16)38(21,25-3)33(13,14)31(8,9)10)37(20,30(6)7)28-36(19,24-2)27-32(11,12)29(4)5/h29-30H,23-28H2,1-22H3. The summed E-state index contributed by atoms with van der Waals surface area (Å²) in [5.74, 6) is 1.30. The van der Waals surface area contributed by atoms with Crippen molar-refractivity contribution >= 4 is 0 Å². The molecule has 0 nitrogen and oxygen atoms in total. The van der Waals surface area contributed by atoms with Crippen LogP contribution >= 0.6 is 0 Å². The zero-order valence-corrected chi connectivity index (χ0v) is 31.9. The van der Waals surface area contributed by atoms with Crippen LogP contribution in [0, 0.1) is 60.6 Å². The van der Waals surface area contributed by atoms with E-state index in [0.717, 1.165) is 0 Å². The summed E-state index contributed by atoms with van der Waals surface area (Å²) in [5, 5.41) is 0. The molecule has 4 atom stereocenters. The molecule has 0 aliphatic carbocycles. The van der Waals surface area contributed by atoms with E-state index in [1.807, 2.05) is 0 Å². The normalized spacial score (nSPS) is 20.9. The second-order valence-electron chi connectivity index (χ2n) is 19.1. The van der Waals surface area contributed by atoms with Gasteiger partial charge in [-0.25, -0.2) is 0 Å². The van der Waals surface area contributed by atoms with E-state index in [4.69, 9.17) is 0 Å². The molecule has 0 radical (unpaired) electrons. The summed E-state index contributed by atoms with van der Waals surface area (Å²) in [6.45, 7) is 56.2. The summed E-state index contributed by atoms with van der Waals surface area (Å²) in [6, 6.07) is 0. The van der Waals surface area contributed by atoms with E-state index in [9.17, 15) is 0 Å². The van der Waals surface area contributed by atoms with Gasteiger partial charge in [-0.3, -0.25) is 0 Å². The Balaban J connectivity index is 7.43. The van der Waals surface area contributed by atoms with E-state index in [1.54, 1.807) is 0 Å². The first-order chi connectivity index (χ1) is 17.0. The first-order valence-corrected chi connectivity index (χ1v) is 17.0. The minimum Gasteiger partial charge on any atom is -0.0654 e. The molecule has 4 unspecified atom stereocenters. The molecule has 39 heavy (non-hydrogen) atoms. The maximum atomic E-state index is 2.72. The van der Waals surface area contributed by atoms with Gasteiger partial charge in [-0.2, -0.15) is 0 Å². The second-order valence-corrected chi connectivity index (χ2v) is 19.1. The van der Waals surface area contributed by atoms with Crippen molar-refractivity contribution in [1.82, 2.24) is 0 Å². The van der Waals surface area contributed by atoms with Gasteiger partial charge in [0.15, 0.2) is 0 Å². The highest BCUT2D eigenvalue weighted by Crippen LogP contribution is 2.73. The van der Waals surface area contributed by atoms with Crippen molar-refractivity contribution in [2.24, 2.45) is 60.6 Å². The zero-order chi connectivity index (χ0) is 31.9.